The van der Waals surface area contributed by atoms with Gasteiger partial charge in [-0.1, -0.05) is 60.1 Å². The number of fused-ring (bicyclic) bond motifs is 3. The molecule has 0 saturated carbocycles. The highest BCUT2D eigenvalue weighted by atomic mass is 35.5. The van der Waals surface area contributed by atoms with Crippen LogP contribution in [0.3, 0.4) is 0 Å². The minimum absolute atomic E-state index is 0.441. The zero-order chi connectivity index (χ0) is 21.5. The SMILES string of the molecule is Cc1ccc(Cn2c3cc(-c4ccccc4)c[c]c3c3c(C(N)=O)cccc32)cc1Cl. The van der Waals surface area contributed by atoms with E-state index in [1.807, 2.05) is 55.5 Å². The summed E-state index contributed by atoms with van der Waals surface area (Å²) in [5, 5.41) is 2.47. The molecule has 0 fully saturated rings. The number of nitrogens with two attached hydrogens (primary N) is 1. The van der Waals surface area contributed by atoms with Crippen LogP contribution in [0.15, 0.2) is 78.9 Å². The van der Waals surface area contributed by atoms with Crippen molar-refractivity contribution in [2.75, 3.05) is 0 Å². The summed E-state index contributed by atoms with van der Waals surface area (Å²) in [6, 6.07) is 29.5. The molecule has 1 amide bonds. The van der Waals surface area contributed by atoms with Crippen LogP contribution in [0.25, 0.3) is 32.9 Å². The predicted octanol–water partition coefficient (Wildman–Crippen LogP) is 6.37. The zero-order valence-electron chi connectivity index (χ0n) is 17.0. The first kappa shape index (κ1) is 19.4. The molecule has 1 aromatic heterocycles. The average Bonchev–Trinajstić information content (AvgIpc) is 3.10. The van der Waals surface area contributed by atoms with Crippen LogP contribution < -0.4 is 5.73 Å². The van der Waals surface area contributed by atoms with E-state index < -0.39 is 5.91 Å². The van der Waals surface area contributed by atoms with Crippen molar-refractivity contribution in [2.24, 2.45) is 5.73 Å². The number of aromatic nitrogens is 1. The third-order valence-corrected chi connectivity index (χ3v) is 6.15. The third kappa shape index (κ3) is 3.37. The summed E-state index contributed by atoms with van der Waals surface area (Å²) in [6.07, 6.45) is 0. The molecule has 3 nitrogen and oxygen atoms in total. The lowest BCUT2D eigenvalue weighted by Crippen LogP contribution is -2.11. The Morgan fingerprint density at radius 3 is 2.52 bits per heavy atom. The number of primary amides is 1. The maximum atomic E-state index is 12.2. The molecule has 0 saturated heterocycles. The Hall–Kier alpha value is -3.56. The van der Waals surface area contributed by atoms with Crippen molar-refractivity contribution in [1.82, 2.24) is 4.57 Å². The van der Waals surface area contributed by atoms with Gasteiger partial charge in [0, 0.05) is 27.9 Å². The second kappa shape index (κ2) is 7.60. The molecule has 151 valence electrons. The number of carbonyl (C=O) groups excluding carboxylic acids is 1. The van der Waals surface area contributed by atoms with Crippen LogP contribution in [0.1, 0.15) is 21.5 Å². The Bertz CT molecular complexity index is 1450. The zero-order valence-corrected chi connectivity index (χ0v) is 17.8. The standard InChI is InChI=1S/C27H20ClN2O/c1-17-10-11-18(14-23(17)28)16-30-24-9-5-8-22(27(29)31)26(24)21-13-12-20(15-25(21)30)19-6-3-2-4-7-19/h2-12,14-15H,16H2,1H3,(H2,29,31). The Balaban J connectivity index is 1.80. The van der Waals surface area contributed by atoms with E-state index in [4.69, 9.17) is 17.3 Å². The normalized spacial score (nSPS) is 11.3. The van der Waals surface area contributed by atoms with E-state index in [1.54, 1.807) is 6.07 Å². The minimum atomic E-state index is -0.441. The Labute approximate surface area is 185 Å². The van der Waals surface area contributed by atoms with Gasteiger partial charge in [0.1, 0.15) is 0 Å². The van der Waals surface area contributed by atoms with E-state index in [0.29, 0.717) is 12.1 Å². The van der Waals surface area contributed by atoms with E-state index in [1.165, 1.54) is 0 Å². The molecule has 0 aliphatic heterocycles. The van der Waals surface area contributed by atoms with Gasteiger partial charge in [-0.05, 0) is 65.6 Å². The fraction of sp³-hybridized carbons (Fsp3) is 0.0741. The molecule has 31 heavy (non-hydrogen) atoms. The molecule has 0 unspecified atom stereocenters. The predicted molar refractivity (Wildman–Crippen MR) is 128 cm³/mol. The summed E-state index contributed by atoms with van der Waals surface area (Å²) in [7, 11) is 0. The van der Waals surface area contributed by atoms with Gasteiger partial charge in [-0.25, -0.2) is 0 Å². The third-order valence-electron chi connectivity index (χ3n) is 5.74. The topological polar surface area (TPSA) is 48.0 Å². The molecule has 0 atom stereocenters. The van der Waals surface area contributed by atoms with Crippen molar-refractivity contribution in [3.05, 3.63) is 107 Å². The van der Waals surface area contributed by atoms with Gasteiger partial charge in [0.25, 0.3) is 0 Å². The lowest BCUT2D eigenvalue weighted by Gasteiger charge is -2.10. The second-order valence-corrected chi connectivity index (χ2v) is 8.16. The first-order chi connectivity index (χ1) is 15.0. The summed E-state index contributed by atoms with van der Waals surface area (Å²) in [4.78, 5) is 12.2. The molecule has 1 radical (unpaired) electrons. The molecular weight excluding hydrogens is 404 g/mol. The van der Waals surface area contributed by atoms with E-state index >= 15 is 0 Å². The highest BCUT2D eigenvalue weighted by Gasteiger charge is 2.17. The molecule has 2 N–H and O–H groups in total. The number of hydrogen-bond donors (Lipinski definition) is 1. The van der Waals surface area contributed by atoms with Gasteiger partial charge < -0.3 is 10.3 Å². The number of rotatable bonds is 4. The van der Waals surface area contributed by atoms with Gasteiger partial charge in [0.05, 0.1) is 11.0 Å². The number of amides is 1. The van der Waals surface area contributed by atoms with Crippen molar-refractivity contribution in [3.63, 3.8) is 0 Å². The van der Waals surface area contributed by atoms with Gasteiger partial charge in [-0.2, -0.15) is 0 Å². The molecule has 1 heterocycles. The molecule has 0 aliphatic carbocycles. The van der Waals surface area contributed by atoms with Gasteiger partial charge in [0.2, 0.25) is 5.91 Å². The summed E-state index contributed by atoms with van der Waals surface area (Å²) in [6.45, 7) is 2.61. The van der Waals surface area contributed by atoms with Gasteiger partial charge >= 0.3 is 0 Å². The Kier molecular flexibility index (Phi) is 4.76. The van der Waals surface area contributed by atoms with Gasteiger partial charge in [0.15, 0.2) is 0 Å². The average molecular weight is 424 g/mol. The first-order valence-corrected chi connectivity index (χ1v) is 10.5. The van der Waals surface area contributed by atoms with Crippen molar-refractivity contribution < 1.29 is 4.79 Å². The molecule has 0 aliphatic rings. The Morgan fingerprint density at radius 1 is 0.968 bits per heavy atom. The van der Waals surface area contributed by atoms with Crippen LogP contribution in [-0.2, 0) is 6.54 Å². The summed E-state index contributed by atoms with van der Waals surface area (Å²) < 4.78 is 2.21. The lowest BCUT2D eigenvalue weighted by molar-refractivity contribution is 0.100. The first-order valence-electron chi connectivity index (χ1n) is 10.1. The highest BCUT2D eigenvalue weighted by Crippen LogP contribution is 2.35. The molecule has 0 spiro atoms. The molecular formula is C27H20ClN2O. The van der Waals surface area contributed by atoms with Crippen molar-refractivity contribution >= 4 is 39.3 Å². The van der Waals surface area contributed by atoms with Crippen LogP contribution in [-0.4, -0.2) is 10.5 Å². The number of benzene rings is 4. The van der Waals surface area contributed by atoms with Gasteiger partial charge in [-0.3, -0.25) is 4.79 Å². The number of carbonyl (C=O) groups is 1. The second-order valence-electron chi connectivity index (χ2n) is 7.75. The summed E-state index contributed by atoms with van der Waals surface area (Å²) in [5.74, 6) is -0.441. The molecule has 5 rings (SSSR count). The van der Waals surface area contributed by atoms with Crippen LogP contribution in [0, 0.1) is 13.0 Å². The molecule has 4 heteroatoms. The molecule has 5 aromatic rings. The smallest absolute Gasteiger partial charge is 0.249 e. The Morgan fingerprint density at radius 2 is 1.77 bits per heavy atom. The quantitative estimate of drug-likeness (QED) is 0.358. The minimum Gasteiger partial charge on any atom is -0.366 e. The highest BCUT2D eigenvalue weighted by molar-refractivity contribution is 6.31. The van der Waals surface area contributed by atoms with Crippen molar-refractivity contribution in [3.8, 4) is 11.1 Å². The largest absolute Gasteiger partial charge is 0.366 e. The van der Waals surface area contributed by atoms with E-state index in [9.17, 15) is 4.79 Å². The number of aryl methyl sites for hydroxylation is 1. The number of hydrogen-bond acceptors (Lipinski definition) is 1. The molecule has 4 aromatic carbocycles. The fourth-order valence-corrected chi connectivity index (χ4v) is 4.35. The summed E-state index contributed by atoms with van der Waals surface area (Å²) >= 11 is 6.39. The number of halogens is 1. The van der Waals surface area contributed by atoms with Crippen molar-refractivity contribution in [2.45, 2.75) is 13.5 Å². The molecule has 0 bridgehead atoms. The van der Waals surface area contributed by atoms with Crippen LogP contribution in [0.5, 0.6) is 0 Å². The van der Waals surface area contributed by atoms with Crippen LogP contribution >= 0.6 is 11.6 Å². The van der Waals surface area contributed by atoms with Crippen molar-refractivity contribution in [1.29, 1.82) is 0 Å². The number of nitrogens with zero attached hydrogens (tertiary/aromatic N) is 1. The van der Waals surface area contributed by atoms with E-state index in [0.717, 1.165) is 49.1 Å². The lowest BCUT2D eigenvalue weighted by atomic mass is 10.0. The van der Waals surface area contributed by atoms with Gasteiger partial charge in [-0.15, -0.1) is 0 Å². The van der Waals surface area contributed by atoms with Crippen LogP contribution in [0.2, 0.25) is 5.02 Å². The summed E-state index contributed by atoms with van der Waals surface area (Å²) in [5.41, 5.74) is 12.5. The fourth-order valence-electron chi connectivity index (χ4n) is 4.15. The maximum Gasteiger partial charge on any atom is 0.249 e. The maximum absolute atomic E-state index is 12.2. The van der Waals surface area contributed by atoms with Crippen LogP contribution in [0.4, 0.5) is 0 Å². The van der Waals surface area contributed by atoms with E-state index in [-0.39, 0.29) is 0 Å². The monoisotopic (exact) mass is 423 g/mol. The van der Waals surface area contributed by atoms with E-state index in [2.05, 4.69) is 34.9 Å².